The summed E-state index contributed by atoms with van der Waals surface area (Å²) in [5.41, 5.74) is 2.39. The zero-order valence-corrected chi connectivity index (χ0v) is 16.7. The van der Waals surface area contributed by atoms with E-state index in [1.54, 1.807) is 0 Å². The standard InChI is InChI=1S/C20H26BrN5/c1-22-20(24-12-9-18-4-2-3-11-23-18)25-14-16-10-13-26(15-16)19-7-5-17(21)6-8-19/h2-8,11,16H,9-10,12-15H2,1H3,(H2,22,24,25). The Bertz CT molecular complexity index is 702. The summed E-state index contributed by atoms with van der Waals surface area (Å²) in [7, 11) is 1.82. The average Bonchev–Trinajstić information content (AvgIpc) is 3.15. The molecule has 0 bridgehead atoms. The van der Waals surface area contributed by atoms with E-state index in [1.165, 1.54) is 12.1 Å². The van der Waals surface area contributed by atoms with E-state index in [-0.39, 0.29) is 0 Å². The van der Waals surface area contributed by atoms with Gasteiger partial charge in [-0.2, -0.15) is 0 Å². The predicted octanol–water partition coefficient (Wildman–Crippen LogP) is 3.08. The normalized spacial score (nSPS) is 17.4. The van der Waals surface area contributed by atoms with E-state index >= 15 is 0 Å². The van der Waals surface area contributed by atoms with Crippen molar-refractivity contribution in [3.8, 4) is 0 Å². The van der Waals surface area contributed by atoms with Crippen LogP contribution in [0.4, 0.5) is 5.69 Å². The molecule has 1 aliphatic rings. The molecule has 2 aromatic rings. The second-order valence-electron chi connectivity index (χ2n) is 6.53. The van der Waals surface area contributed by atoms with Crippen molar-refractivity contribution in [2.24, 2.45) is 10.9 Å². The van der Waals surface area contributed by atoms with Gasteiger partial charge in [0.05, 0.1) is 0 Å². The first-order chi connectivity index (χ1) is 12.7. The summed E-state index contributed by atoms with van der Waals surface area (Å²) in [6, 6.07) is 14.6. The molecule has 0 aliphatic carbocycles. The highest BCUT2D eigenvalue weighted by Crippen LogP contribution is 2.24. The number of guanidine groups is 1. The first-order valence-electron chi connectivity index (χ1n) is 9.09. The van der Waals surface area contributed by atoms with Gasteiger partial charge in [0.2, 0.25) is 0 Å². The van der Waals surface area contributed by atoms with Crippen LogP contribution in [-0.2, 0) is 6.42 Å². The largest absolute Gasteiger partial charge is 0.371 e. The van der Waals surface area contributed by atoms with Gasteiger partial charge in [-0.15, -0.1) is 0 Å². The molecule has 1 aliphatic heterocycles. The number of hydrogen-bond acceptors (Lipinski definition) is 3. The smallest absolute Gasteiger partial charge is 0.190 e. The van der Waals surface area contributed by atoms with Crippen molar-refractivity contribution in [1.82, 2.24) is 15.6 Å². The highest BCUT2D eigenvalue weighted by atomic mass is 79.9. The summed E-state index contributed by atoms with van der Waals surface area (Å²) < 4.78 is 1.12. The topological polar surface area (TPSA) is 52.6 Å². The van der Waals surface area contributed by atoms with Crippen LogP contribution in [0.5, 0.6) is 0 Å². The number of aliphatic imine (C=N–C) groups is 1. The Kier molecular flexibility index (Phi) is 6.89. The molecule has 0 spiro atoms. The van der Waals surface area contributed by atoms with Crippen LogP contribution in [-0.4, -0.2) is 44.2 Å². The van der Waals surface area contributed by atoms with Gasteiger partial charge in [-0.1, -0.05) is 22.0 Å². The molecule has 2 heterocycles. The Morgan fingerprint density at radius 3 is 2.81 bits per heavy atom. The van der Waals surface area contributed by atoms with Crippen molar-refractivity contribution in [3.63, 3.8) is 0 Å². The molecule has 0 saturated carbocycles. The molecule has 1 fully saturated rings. The number of benzene rings is 1. The Labute approximate surface area is 164 Å². The van der Waals surface area contributed by atoms with Gasteiger partial charge in [0.1, 0.15) is 0 Å². The lowest BCUT2D eigenvalue weighted by molar-refractivity contribution is 0.565. The van der Waals surface area contributed by atoms with Crippen molar-refractivity contribution < 1.29 is 0 Å². The first kappa shape index (κ1) is 18.7. The van der Waals surface area contributed by atoms with Crippen LogP contribution in [0, 0.1) is 5.92 Å². The lowest BCUT2D eigenvalue weighted by Gasteiger charge is -2.19. The highest BCUT2D eigenvalue weighted by molar-refractivity contribution is 9.10. The zero-order valence-electron chi connectivity index (χ0n) is 15.2. The molecule has 1 saturated heterocycles. The van der Waals surface area contributed by atoms with Gasteiger partial charge in [0.25, 0.3) is 0 Å². The van der Waals surface area contributed by atoms with Gasteiger partial charge in [-0.3, -0.25) is 9.98 Å². The number of halogens is 1. The van der Waals surface area contributed by atoms with Gasteiger partial charge in [0, 0.05) is 61.7 Å². The maximum atomic E-state index is 4.34. The van der Waals surface area contributed by atoms with Crippen molar-refractivity contribution >= 4 is 27.6 Å². The molecular weight excluding hydrogens is 390 g/mol. The van der Waals surface area contributed by atoms with E-state index in [1.807, 2.05) is 31.4 Å². The Balaban J connectivity index is 1.39. The molecule has 26 heavy (non-hydrogen) atoms. The number of nitrogens with zero attached hydrogens (tertiary/aromatic N) is 3. The second kappa shape index (κ2) is 9.57. The zero-order chi connectivity index (χ0) is 18.2. The van der Waals surface area contributed by atoms with E-state index in [0.717, 1.165) is 48.7 Å². The molecule has 138 valence electrons. The molecule has 0 amide bonds. The summed E-state index contributed by atoms with van der Waals surface area (Å²) in [5, 5.41) is 6.83. The number of nitrogens with one attached hydrogen (secondary N) is 2. The Morgan fingerprint density at radius 1 is 1.23 bits per heavy atom. The third-order valence-corrected chi connectivity index (χ3v) is 5.19. The van der Waals surface area contributed by atoms with Crippen LogP contribution in [0.15, 0.2) is 58.1 Å². The fourth-order valence-electron chi connectivity index (χ4n) is 3.20. The molecule has 5 nitrogen and oxygen atoms in total. The molecule has 1 aromatic heterocycles. The molecule has 3 rings (SSSR count). The number of anilines is 1. The van der Waals surface area contributed by atoms with E-state index < -0.39 is 0 Å². The molecule has 2 N–H and O–H groups in total. The van der Waals surface area contributed by atoms with Crippen molar-refractivity contribution in [2.75, 3.05) is 38.1 Å². The van der Waals surface area contributed by atoms with Crippen LogP contribution < -0.4 is 15.5 Å². The van der Waals surface area contributed by atoms with E-state index in [4.69, 9.17) is 0 Å². The van der Waals surface area contributed by atoms with Gasteiger partial charge in [-0.05, 0) is 48.7 Å². The Morgan fingerprint density at radius 2 is 2.08 bits per heavy atom. The fraction of sp³-hybridized carbons (Fsp3) is 0.400. The monoisotopic (exact) mass is 415 g/mol. The SMILES string of the molecule is CN=C(NCCc1ccccn1)NCC1CCN(c2ccc(Br)cc2)C1. The van der Waals surface area contributed by atoms with Gasteiger partial charge >= 0.3 is 0 Å². The number of aromatic nitrogens is 1. The fourth-order valence-corrected chi connectivity index (χ4v) is 3.47. The maximum Gasteiger partial charge on any atom is 0.190 e. The minimum Gasteiger partial charge on any atom is -0.371 e. The summed E-state index contributed by atoms with van der Waals surface area (Å²) in [6.07, 6.45) is 3.93. The molecular formula is C20H26BrN5. The molecule has 1 unspecified atom stereocenters. The van der Waals surface area contributed by atoms with Gasteiger partial charge in [0.15, 0.2) is 5.96 Å². The molecule has 1 aromatic carbocycles. The highest BCUT2D eigenvalue weighted by Gasteiger charge is 2.22. The minimum atomic E-state index is 0.632. The summed E-state index contributed by atoms with van der Waals surface area (Å²) in [6.45, 7) is 3.96. The van der Waals surface area contributed by atoms with Crippen molar-refractivity contribution in [3.05, 3.63) is 58.8 Å². The molecule has 1 atom stereocenters. The Hall–Kier alpha value is -2.08. The van der Waals surface area contributed by atoms with Crippen molar-refractivity contribution in [1.29, 1.82) is 0 Å². The predicted molar refractivity (Wildman–Crippen MR) is 112 cm³/mol. The lowest BCUT2D eigenvalue weighted by atomic mass is 10.1. The molecule has 0 radical (unpaired) electrons. The lowest BCUT2D eigenvalue weighted by Crippen LogP contribution is -2.41. The summed E-state index contributed by atoms with van der Waals surface area (Å²) in [5.74, 6) is 1.50. The summed E-state index contributed by atoms with van der Waals surface area (Å²) >= 11 is 3.50. The first-order valence-corrected chi connectivity index (χ1v) is 9.89. The number of pyridine rings is 1. The second-order valence-corrected chi connectivity index (χ2v) is 7.44. The number of hydrogen-bond donors (Lipinski definition) is 2. The van der Waals surface area contributed by atoms with Crippen LogP contribution >= 0.6 is 15.9 Å². The van der Waals surface area contributed by atoms with E-state index in [9.17, 15) is 0 Å². The van der Waals surface area contributed by atoms with Crippen LogP contribution in [0.3, 0.4) is 0 Å². The van der Waals surface area contributed by atoms with Crippen LogP contribution in [0.2, 0.25) is 0 Å². The van der Waals surface area contributed by atoms with Crippen molar-refractivity contribution in [2.45, 2.75) is 12.8 Å². The quantitative estimate of drug-likeness (QED) is 0.562. The van der Waals surface area contributed by atoms with E-state index in [2.05, 4.69) is 65.7 Å². The molecule has 6 heteroatoms. The van der Waals surface area contributed by atoms with Gasteiger partial charge < -0.3 is 15.5 Å². The third-order valence-electron chi connectivity index (χ3n) is 4.66. The minimum absolute atomic E-state index is 0.632. The van der Waals surface area contributed by atoms with Crippen LogP contribution in [0.1, 0.15) is 12.1 Å². The number of rotatable bonds is 6. The van der Waals surface area contributed by atoms with E-state index in [0.29, 0.717) is 5.92 Å². The summed E-state index contributed by atoms with van der Waals surface area (Å²) in [4.78, 5) is 11.1. The van der Waals surface area contributed by atoms with Crippen LogP contribution in [0.25, 0.3) is 0 Å². The third kappa shape index (κ3) is 5.46. The maximum absolute atomic E-state index is 4.34. The van der Waals surface area contributed by atoms with Gasteiger partial charge in [-0.25, -0.2) is 0 Å². The average molecular weight is 416 g/mol.